The van der Waals surface area contributed by atoms with E-state index in [9.17, 15) is 8.42 Å². The Labute approximate surface area is 109 Å². The van der Waals surface area contributed by atoms with Gasteiger partial charge in [0.05, 0.1) is 11.3 Å². The number of nitrogens with one attached hydrogen (secondary N) is 1. The van der Waals surface area contributed by atoms with E-state index in [1.807, 2.05) is 0 Å². The molecular weight excluding hydrogens is 278 g/mol. The van der Waals surface area contributed by atoms with E-state index in [1.165, 1.54) is 30.2 Å². The standard InChI is InChI=1S/C9H10ClN5O2S/c1-15-5-13-7(11)9(15)18(16,17)14-8-6(10)3-2-4-12-8/h2-5H,11H2,1H3,(H,12,14). The fraction of sp³-hybridized carbons (Fsp3) is 0.111. The van der Waals surface area contributed by atoms with Crippen LogP contribution >= 0.6 is 11.6 Å². The third-order valence-corrected chi connectivity index (χ3v) is 3.93. The van der Waals surface area contributed by atoms with Crippen molar-refractivity contribution in [2.45, 2.75) is 5.03 Å². The van der Waals surface area contributed by atoms with Gasteiger partial charge in [0, 0.05) is 13.2 Å². The predicted molar refractivity (Wildman–Crippen MR) is 67.7 cm³/mol. The minimum Gasteiger partial charge on any atom is -0.381 e. The number of rotatable bonds is 3. The van der Waals surface area contributed by atoms with Crippen LogP contribution in [0.4, 0.5) is 11.6 Å². The Hall–Kier alpha value is -1.80. The number of hydrogen-bond donors (Lipinski definition) is 2. The summed E-state index contributed by atoms with van der Waals surface area (Å²) in [6, 6.07) is 3.12. The van der Waals surface area contributed by atoms with Crippen molar-refractivity contribution in [2.24, 2.45) is 7.05 Å². The van der Waals surface area contributed by atoms with Gasteiger partial charge in [-0.1, -0.05) is 11.6 Å². The molecule has 0 spiro atoms. The van der Waals surface area contributed by atoms with E-state index in [2.05, 4.69) is 14.7 Å². The minimum atomic E-state index is -3.88. The van der Waals surface area contributed by atoms with Crippen LogP contribution in [-0.4, -0.2) is 23.0 Å². The average Bonchev–Trinajstić information content (AvgIpc) is 2.62. The summed E-state index contributed by atoms with van der Waals surface area (Å²) in [6.07, 6.45) is 2.74. The minimum absolute atomic E-state index is 0.0415. The third-order valence-electron chi connectivity index (χ3n) is 2.15. The van der Waals surface area contributed by atoms with E-state index in [0.29, 0.717) is 0 Å². The summed E-state index contributed by atoms with van der Waals surface area (Å²) in [5, 5.41) is 0.0611. The summed E-state index contributed by atoms with van der Waals surface area (Å²) in [6.45, 7) is 0. The van der Waals surface area contributed by atoms with Crippen molar-refractivity contribution < 1.29 is 8.42 Å². The summed E-state index contributed by atoms with van der Waals surface area (Å²) in [5.41, 5.74) is 5.51. The number of hydrogen-bond acceptors (Lipinski definition) is 5. The summed E-state index contributed by atoms with van der Waals surface area (Å²) in [7, 11) is -2.35. The Morgan fingerprint density at radius 1 is 1.44 bits per heavy atom. The molecule has 0 unspecified atom stereocenters. The quantitative estimate of drug-likeness (QED) is 0.871. The maximum absolute atomic E-state index is 12.1. The van der Waals surface area contributed by atoms with E-state index in [-0.39, 0.29) is 21.7 Å². The molecule has 96 valence electrons. The van der Waals surface area contributed by atoms with E-state index in [4.69, 9.17) is 17.3 Å². The van der Waals surface area contributed by atoms with Crippen LogP contribution in [0.2, 0.25) is 5.02 Å². The number of imidazole rings is 1. The van der Waals surface area contributed by atoms with Gasteiger partial charge in [-0.15, -0.1) is 0 Å². The molecule has 2 rings (SSSR count). The van der Waals surface area contributed by atoms with E-state index in [0.717, 1.165) is 0 Å². The van der Waals surface area contributed by atoms with Crippen molar-refractivity contribution >= 4 is 33.3 Å². The molecule has 0 bridgehead atoms. The molecule has 7 nitrogen and oxygen atoms in total. The maximum atomic E-state index is 12.1. The number of nitrogens with two attached hydrogens (primary N) is 1. The highest BCUT2D eigenvalue weighted by Crippen LogP contribution is 2.23. The monoisotopic (exact) mass is 287 g/mol. The van der Waals surface area contributed by atoms with Gasteiger partial charge in [0.15, 0.2) is 16.7 Å². The molecule has 0 atom stereocenters. The fourth-order valence-electron chi connectivity index (χ4n) is 1.40. The molecule has 0 aliphatic rings. The van der Waals surface area contributed by atoms with Crippen LogP contribution in [0.25, 0.3) is 0 Å². The van der Waals surface area contributed by atoms with Gasteiger partial charge in [0.25, 0.3) is 10.0 Å². The molecular formula is C9H10ClN5O2S. The lowest BCUT2D eigenvalue weighted by atomic mass is 10.5. The van der Waals surface area contributed by atoms with Gasteiger partial charge in [-0.25, -0.2) is 9.97 Å². The number of halogens is 1. The fourth-order valence-corrected chi connectivity index (χ4v) is 2.89. The van der Waals surface area contributed by atoms with Crippen LogP contribution < -0.4 is 10.5 Å². The van der Waals surface area contributed by atoms with Gasteiger partial charge in [0.1, 0.15) is 0 Å². The molecule has 9 heteroatoms. The molecule has 18 heavy (non-hydrogen) atoms. The highest BCUT2D eigenvalue weighted by Gasteiger charge is 2.23. The van der Waals surface area contributed by atoms with Gasteiger partial charge in [-0.2, -0.15) is 8.42 Å². The molecule has 3 N–H and O–H groups in total. The van der Waals surface area contributed by atoms with E-state index in [1.54, 1.807) is 6.07 Å². The SMILES string of the molecule is Cn1cnc(N)c1S(=O)(=O)Nc1ncccc1Cl. The number of anilines is 2. The van der Waals surface area contributed by atoms with Crippen LogP contribution in [-0.2, 0) is 17.1 Å². The van der Waals surface area contributed by atoms with Gasteiger partial charge >= 0.3 is 0 Å². The zero-order valence-electron chi connectivity index (χ0n) is 9.33. The molecule has 0 saturated heterocycles. The molecule has 0 aromatic carbocycles. The number of pyridine rings is 1. The summed E-state index contributed by atoms with van der Waals surface area (Å²) in [5.74, 6) is -0.0446. The van der Waals surface area contributed by atoms with Gasteiger partial charge in [-0.3, -0.25) is 4.72 Å². The van der Waals surface area contributed by atoms with Crippen LogP contribution in [0, 0.1) is 0 Å². The van der Waals surface area contributed by atoms with Crippen molar-refractivity contribution in [1.29, 1.82) is 0 Å². The molecule has 0 fully saturated rings. The molecule has 2 aromatic rings. The molecule has 0 aliphatic heterocycles. The Balaban J connectivity index is 2.43. The van der Waals surface area contributed by atoms with E-state index >= 15 is 0 Å². The Bertz CT molecular complexity index is 663. The second-order valence-corrected chi connectivity index (χ2v) is 5.49. The smallest absolute Gasteiger partial charge is 0.282 e. The van der Waals surface area contributed by atoms with Crippen molar-refractivity contribution in [3.63, 3.8) is 0 Å². The van der Waals surface area contributed by atoms with E-state index < -0.39 is 10.0 Å². The van der Waals surface area contributed by atoms with Crippen LogP contribution in [0.15, 0.2) is 29.7 Å². The number of aryl methyl sites for hydroxylation is 1. The molecule has 0 radical (unpaired) electrons. The zero-order valence-corrected chi connectivity index (χ0v) is 10.9. The highest BCUT2D eigenvalue weighted by molar-refractivity contribution is 7.92. The Morgan fingerprint density at radius 2 is 2.17 bits per heavy atom. The van der Waals surface area contributed by atoms with Crippen LogP contribution in [0.5, 0.6) is 0 Å². The maximum Gasteiger partial charge on any atom is 0.282 e. The van der Waals surface area contributed by atoms with Crippen LogP contribution in [0.3, 0.4) is 0 Å². The largest absolute Gasteiger partial charge is 0.381 e. The second kappa shape index (κ2) is 4.46. The number of nitrogen functional groups attached to an aromatic ring is 1. The third kappa shape index (κ3) is 2.24. The van der Waals surface area contributed by atoms with Crippen molar-refractivity contribution in [1.82, 2.24) is 14.5 Å². The van der Waals surface area contributed by atoms with Crippen molar-refractivity contribution in [2.75, 3.05) is 10.5 Å². The first kappa shape index (κ1) is 12.7. The zero-order chi connectivity index (χ0) is 13.3. The summed E-state index contributed by atoms with van der Waals surface area (Å²) < 4.78 is 27.8. The second-order valence-electron chi connectivity index (χ2n) is 3.49. The molecule has 2 aromatic heterocycles. The predicted octanol–water partition coefficient (Wildman–Crippen LogP) is 0.851. The van der Waals surface area contributed by atoms with Crippen molar-refractivity contribution in [3.05, 3.63) is 29.7 Å². The number of aromatic nitrogens is 3. The molecule has 2 heterocycles. The lowest BCUT2D eigenvalue weighted by molar-refractivity contribution is 0.591. The number of nitrogens with zero attached hydrogens (tertiary/aromatic N) is 3. The average molecular weight is 288 g/mol. The van der Waals surface area contributed by atoms with Gasteiger partial charge < -0.3 is 10.3 Å². The lowest BCUT2D eigenvalue weighted by Gasteiger charge is -2.09. The Morgan fingerprint density at radius 3 is 2.72 bits per heavy atom. The van der Waals surface area contributed by atoms with Gasteiger partial charge in [0.2, 0.25) is 0 Å². The first-order chi connectivity index (χ1) is 8.42. The Kier molecular flexibility index (Phi) is 3.14. The molecule has 0 aliphatic carbocycles. The summed E-state index contributed by atoms with van der Waals surface area (Å²) >= 11 is 5.83. The molecule has 0 amide bonds. The summed E-state index contributed by atoms with van der Waals surface area (Å²) in [4.78, 5) is 7.55. The topological polar surface area (TPSA) is 103 Å². The molecule has 0 saturated carbocycles. The number of sulfonamides is 1. The van der Waals surface area contributed by atoms with Crippen LogP contribution in [0.1, 0.15) is 0 Å². The lowest BCUT2D eigenvalue weighted by Crippen LogP contribution is -2.18. The normalized spacial score (nSPS) is 11.4. The first-order valence-electron chi connectivity index (χ1n) is 4.82. The van der Waals surface area contributed by atoms with Crippen molar-refractivity contribution in [3.8, 4) is 0 Å². The first-order valence-corrected chi connectivity index (χ1v) is 6.68. The highest BCUT2D eigenvalue weighted by atomic mass is 35.5. The van der Waals surface area contributed by atoms with Gasteiger partial charge in [-0.05, 0) is 12.1 Å².